The fourth-order valence-electron chi connectivity index (χ4n) is 2.74. The van der Waals surface area contributed by atoms with E-state index in [-0.39, 0.29) is 6.10 Å². The van der Waals surface area contributed by atoms with E-state index in [1.165, 1.54) is 5.56 Å². The van der Waals surface area contributed by atoms with E-state index in [1.807, 2.05) is 29.1 Å². The van der Waals surface area contributed by atoms with Crippen LogP contribution >= 0.6 is 0 Å². The van der Waals surface area contributed by atoms with Crippen LogP contribution in [0.15, 0.2) is 30.5 Å². The SMILES string of the molecule is CC(C)n1ccc(COc2ccc3c(c2)[C@H](O)CCC3)n1. The maximum absolute atomic E-state index is 10.1. The second kappa shape index (κ2) is 5.90. The molecule has 0 bridgehead atoms. The van der Waals surface area contributed by atoms with Crippen molar-refractivity contribution in [3.63, 3.8) is 0 Å². The third-order valence-electron chi connectivity index (χ3n) is 3.98. The highest BCUT2D eigenvalue weighted by atomic mass is 16.5. The van der Waals surface area contributed by atoms with Crippen LogP contribution in [0.5, 0.6) is 5.75 Å². The molecule has 1 N–H and O–H groups in total. The fourth-order valence-corrected chi connectivity index (χ4v) is 2.74. The first-order valence-electron chi connectivity index (χ1n) is 7.61. The molecule has 0 unspecified atom stereocenters. The minimum atomic E-state index is -0.350. The van der Waals surface area contributed by atoms with Crippen molar-refractivity contribution in [1.29, 1.82) is 0 Å². The molecule has 0 fully saturated rings. The van der Waals surface area contributed by atoms with E-state index in [0.717, 1.165) is 36.3 Å². The van der Waals surface area contributed by atoms with Gasteiger partial charge in [-0.1, -0.05) is 6.07 Å². The van der Waals surface area contributed by atoms with Crippen LogP contribution in [-0.4, -0.2) is 14.9 Å². The number of aliphatic hydroxyl groups excluding tert-OH is 1. The number of benzene rings is 1. The van der Waals surface area contributed by atoms with Crippen molar-refractivity contribution in [1.82, 2.24) is 9.78 Å². The van der Waals surface area contributed by atoms with Gasteiger partial charge in [0.05, 0.1) is 11.8 Å². The molecule has 1 aliphatic carbocycles. The number of aromatic nitrogens is 2. The number of nitrogens with zero attached hydrogens (tertiary/aromatic N) is 2. The van der Waals surface area contributed by atoms with Crippen LogP contribution in [-0.2, 0) is 13.0 Å². The Morgan fingerprint density at radius 2 is 2.24 bits per heavy atom. The van der Waals surface area contributed by atoms with Crippen molar-refractivity contribution < 1.29 is 9.84 Å². The van der Waals surface area contributed by atoms with E-state index in [1.54, 1.807) is 0 Å². The largest absolute Gasteiger partial charge is 0.487 e. The number of ether oxygens (including phenoxy) is 1. The van der Waals surface area contributed by atoms with Crippen molar-refractivity contribution in [3.8, 4) is 5.75 Å². The first-order valence-corrected chi connectivity index (χ1v) is 7.61. The number of rotatable bonds is 4. The average molecular weight is 286 g/mol. The molecule has 1 heterocycles. The van der Waals surface area contributed by atoms with Gasteiger partial charge in [-0.15, -0.1) is 0 Å². The van der Waals surface area contributed by atoms with Gasteiger partial charge in [0.25, 0.3) is 0 Å². The van der Waals surface area contributed by atoms with E-state index >= 15 is 0 Å². The predicted octanol–water partition coefficient (Wildman–Crippen LogP) is 3.41. The molecular formula is C17H22N2O2. The molecule has 1 aromatic carbocycles. The van der Waals surface area contributed by atoms with Gasteiger partial charge < -0.3 is 9.84 Å². The highest BCUT2D eigenvalue weighted by Crippen LogP contribution is 2.32. The summed E-state index contributed by atoms with van der Waals surface area (Å²) in [6.45, 7) is 4.65. The molecule has 1 aliphatic rings. The summed E-state index contributed by atoms with van der Waals surface area (Å²) in [6.07, 6.45) is 4.57. The summed E-state index contributed by atoms with van der Waals surface area (Å²) in [7, 11) is 0. The molecule has 0 aliphatic heterocycles. The van der Waals surface area contributed by atoms with Crippen LogP contribution in [0.1, 0.15) is 55.7 Å². The van der Waals surface area contributed by atoms with Gasteiger partial charge in [0, 0.05) is 12.2 Å². The lowest BCUT2D eigenvalue weighted by molar-refractivity contribution is 0.156. The summed E-state index contributed by atoms with van der Waals surface area (Å²) < 4.78 is 7.74. The quantitative estimate of drug-likeness (QED) is 0.937. The summed E-state index contributed by atoms with van der Waals surface area (Å²) >= 11 is 0. The second-order valence-corrected chi connectivity index (χ2v) is 5.94. The Labute approximate surface area is 125 Å². The van der Waals surface area contributed by atoms with Crippen LogP contribution in [0, 0.1) is 0 Å². The van der Waals surface area contributed by atoms with Crippen LogP contribution in [0.4, 0.5) is 0 Å². The smallest absolute Gasteiger partial charge is 0.132 e. The Morgan fingerprint density at radius 1 is 1.38 bits per heavy atom. The monoisotopic (exact) mass is 286 g/mol. The molecule has 2 aromatic rings. The van der Waals surface area contributed by atoms with Gasteiger partial charge in [-0.2, -0.15) is 5.10 Å². The zero-order valence-corrected chi connectivity index (χ0v) is 12.6. The van der Waals surface area contributed by atoms with Crippen molar-refractivity contribution in [2.24, 2.45) is 0 Å². The maximum Gasteiger partial charge on any atom is 0.132 e. The van der Waals surface area contributed by atoms with Gasteiger partial charge in [0.15, 0.2) is 0 Å². The van der Waals surface area contributed by atoms with Crippen molar-refractivity contribution in [2.45, 2.75) is 51.9 Å². The van der Waals surface area contributed by atoms with Crippen molar-refractivity contribution in [2.75, 3.05) is 0 Å². The Balaban J connectivity index is 1.69. The van der Waals surface area contributed by atoms with Gasteiger partial charge in [0.2, 0.25) is 0 Å². The molecule has 1 atom stereocenters. The highest BCUT2D eigenvalue weighted by Gasteiger charge is 2.18. The molecule has 3 rings (SSSR count). The lowest BCUT2D eigenvalue weighted by Crippen LogP contribution is -2.09. The van der Waals surface area contributed by atoms with Crippen LogP contribution in [0.3, 0.4) is 0 Å². The fraction of sp³-hybridized carbons (Fsp3) is 0.471. The minimum Gasteiger partial charge on any atom is -0.487 e. The third kappa shape index (κ3) is 3.10. The predicted molar refractivity (Wildman–Crippen MR) is 81.3 cm³/mol. The minimum absolute atomic E-state index is 0.350. The number of fused-ring (bicyclic) bond motifs is 1. The summed E-state index contributed by atoms with van der Waals surface area (Å²) in [6, 6.07) is 8.36. The van der Waals surface area contributed by atoms with Gasteiger partial charge in [-0.3, -0.25) is 4.68 Å². The molecule has 0 saturated carbocycles. The van der Waals surface area contributed by atoms with Crippen LogP contribution in [0.25, 0.3) is 0 Å². The van der Waals surface area contributed by atoms with Gasteiger partial charge in [0.1, 0.15) is 12.4 Å². The van der Waals surface area contributed by atoms with Crippen LogP contribution < -0.4 is 4.74 Å². The number of hydrogen-bond acceptors (Lipinski definition) is 3. The Kier molecular flexibility index (Phi) is 3.97. The number of aliphatic hydroxyl groups is 1. The van der Waals surface area contributed by atoms with Crippen molar-refractivity contribution >= 4 is 0 Å². The van der Waals surface area contributed by atoms with Crippen LogP contribution in [0.2, 0.25) is 0 Å². The van der Waals surface area contributed by atoms with Gasteiger partial charge >= 0.3 is 0 Å². The summed E-state index contributed by atoms with van der Waals surface area (Å²) in [5, 5.41) is 14.5. The number of hydrogen-bond donors (Lipinski definition) is 1. The molecule has 21 heavy (non-hydrogen) atoms. The van der Waals surface area contributed by atoms with E-state index < -0.39 is 0 Å². The molecule has 0 saturated heterocycles. The van der Waals surface area contributed by atoms with Crippen molar-refractivity contribution in [3.05, 3.63) is 47.3 Å². The van der Waals surface area contributed by atoms with Gasteiger partial charge in [-0.25, -0.2) is 0 Å². The zero-order valence-electron chi connectivity index (χ0n) is 12.6. The Morgan fingerprint density at radius 3 is 3.00 bits per heavy atom. The topological polar surface area (TPSA) is 47.3 Å². The van der Waals surface area contributed by atoms with E-state index in [9.17, 15) is 5.11 Å². The molecule has 4 heteroatoms. The number of aryl methyl sites for hydroxylation is 1. The first kappa shape index (κ1) is 14.1. The molecule has 0 spiro atoms. The third-order valence-corrected chi connectivity index (χ3v) is 3.98. The standard InChI is InChI=1S/C17H22N2O2/c1-12(2)19-9-8-14(18-19)11-21-15-7-6-13-4-3-5-17(20)16(13)10-15/h6-10,12,17,20H,3-5,11H2,1-2H3/t17-/m1/s1. The van der Waals surface area contributed by atoms with E-state index in [4.69, 9.17) is 4.74 Å². The molecule has 0 amide bonds. The maximum atomic E-state index is 10.1. The molecule has 112 valence electrons. The summed E-state index contributed by atoms with van der Waals surface area (Å²) in [5.74, 6) is 0.800. The molecule has 0 radical (unpaired) electrons. The average Bonchev–Trinajstić information content (AvgIpc) is 2.95. The lowest BCUT2D eigenvalue weighted by Gasteiger charge is -2.21. The Bertz CT molecular complexity index is 619. The molecular weight excluding hydrogens is 264 g/mol. The molecule has 1 aromatic heterocycles. The zero-order chi connectivity index (χ0) is 14.8. The van der Waals surface area contributed by atoms with E-state index in [0.29, 0.717) is 12.6 Å². The molecule has 4 nitrogen and oxygen atoms in total. The highest BCUT2D eigenvalue weighted by molar-refractivity contribution is 5.38. The summed E-state index contributed by atoms with van der Waals surface area (Å²) in [4.78, 5) is 0. The van der Waals surface area contributed by atoms with E-state index in [2.05, 4.69) is 25.0 Å². The van der Waals surface area contributed by atoms with Gasteiger partial charge in [-0.05, 0) is 62.4 Å². The summed E-state index contributed by atoms with van der Waals surface area (Å²) in [5.41, 5.74) is 3.18. The lowest BCUT2D eigenvalue weighted by atomic mass is 9.89. The first-order chi connectivity index (χ1) is 10.1. The Hall–Kier alpha value is -1.81. The second-order valence-electron chi connectivity index (χ2n) is 5.94. The normalized spacial score (nSPS) is 17.8.